The summed E-state index contributed by atoms with van der Waals surface area (Å²) >= 11 is 5.91. The molecule has 1 aromatic carbocycles. The van der Waals surface area contributed by atoms with Crippen molar-refractivity contribution >= 4 is 32.7 Å². The maximum Gasteiger partial charge on any atom is 0.208 e. The lowest BCUT2D eigenvalue weighted by Gasteiger charge is -2.08. The number of alkyl halides is 1. The van der Waals surface area contributed by atoms with Gasteiger partial charge < -0.3 is 9.30 Å². The summed E-state index contributed by atoms with van der Waals surface area (Å²) in [6.07, 6.45) is 1.13. The molecule has 1 aromatic heterocycles. The number of aromatic nitrogens is 2. The number of hydrogen-bond donors (Lipinski definition) is 1. The summed E-state index contributed by atoms with van der Waals surface area (Å²) in [5.74, 6) is 1.60. The zero-order chi connectivity index (χ0) is 14.8. The molecule has 1 heterocycles. The molecule has 0 fully saturated rings. The Bertz CT molecular complexity index is 712. The first-order valence-electron chi connectivity index (χ1n) is 5.99. The summed E-state index contributed by atoms with van der Waals surface area (Å²) in [5, 5.41) is 0. The molecule has 110 valence electrons. The van der Waals surface area contributed by atoms with Gasteiger partial charge in [0.15, 0.2) is 0 Å². The number of hydrogen-bond acceptors (Lipinski definition) is 4. The molecule has 1 N–H and O–H groups in total. The minimum atomic E-state index is -3.20. The molecule has 2 aromatic rings. The van der Waals surface area contributed by atoms with Crippen molar-refractivity contribution < 1.29 is 13.2 Å². The summed E-state index contributed by atoms with van der Waals surface area (Å²) in [6.45, 7) is 0.740. The van der Waals surface area contributed by atoms with Gasteiger partial charge in [0.2, 0.25) is 10.0 Å². The highest BCUT2D eigenvalue weighted by molar-refractivity contribution is 7.88. The highest BCUT2D eigenvalue weighted by atomic mass is 35.5. The number of nitrogens with one attached hydrogen (secondary N) is 1. The Morgan fingerprint density at radius 3 is 2.80 bits per heavy atom. The van der Waals surface area contributed by atoms with E-state index in [9.17, 15) is 8.42 Å². The summed E-state index contributed by atoms with van der Waals surface area (Å²) in [7, 11) is -1.62. The van der Waals surface area contributed by atoms with Crippen LogP contribution >= 0.6 is 11.6 Å². The number of nitrogens with zero attached hydrogens (tertiary/aromatic N) is 2. The van der Waals surface area contributed by atoms with Crippen molar-refractivity contribution in [3.05, 3.63) is 24.0 Å². The van der Waals surface area contributed by atoms with Crippen LogP contribution < -0.4 is 9.46 Å². The van der Waals surface area contributed by atoms with Gasteiger partial charge in [0.05, 0.1) is 24.8 Å². The van der Waals surface area contributed by atoms with Gasteiger partial charge in [0, 0.05) is 13.1 Å². The number of halogens is 1. The van der Waals surface area contributed by atoms with Gasteiger partial charge in [-0.25, -0.2) is 18.1 Å². The fourth-order valence-electron chi connectivity index (χ4n) is 2.03. The van der Waals surface area contributed by atoms with Crippen LogP contribution in [0.4, 0.5) is 0 Å². The normalized spacial score (nSPS) is 11.9. The molecule has 8 heteroatoms. The van der Waals surface area contributed by atoms with Gasteiger partial charge in [0.1, 0.15) is 17.1 Å². The maximum atomic E-state index is 11.1. The second-order valence-electron chi connectivity index (χ2n) is 4.31. The monoisotopic (exact) mass is 317 g/mol. The Morgan fingerprint density at radius 2 is 2.20 bits per heavy atom. The molecule has 0 atom stereocenters. The number of fused-ring (bicyclic) bond motifs is 1. The second kappa shape index (κ2) is 5.99. The molecule has 0 saturated heterocycles. The van der Waals surface area contributed by atoms with Crippen LogP contribution in [0.3, 0.4) is 0 Å². The molecule has 0 amide bonds. The smallest absolute Gasteiger partial charge is 0.208 e. The largest absolute Gasteiger partial charge is 0.494 e. The van der Waals surface area contributed by atoms with E-state index < -0.39 is 10.0 Å². The van der Waals surface area contributed by atoms with Crippen molar-refractivity contribution in [2.75, 3.05) is 19.9 Å². The zero-order valence-electron chi connectivity index (χ0n) is 11.3. The Balaban J connectivity index is 2.36. The maximum absolute atomic E-state index is 11.1. The number of benzene rings is 1. The quantitative estimate of drug-likeness (QED) is 0.816. The van der Waals surface area contributed by atoms with Gasteiger partial charge in [-0.15, -0.1) is 11.6 Å². The van der Waals surface area contributed by atoms with Gasteiger partial charge in [0.25, 0.3) is 0 Å². The summed E-state index contributed by atoms with van der Waals surface area (Å²) in [6, 6.07) is 5.59. The van der Waals surface area contributed by atoms with Crippen LogP contribution in [-0.2, 0) is 22.4 Å². The van der Waals surface area contributed by atoms with Crippen LogP contribution in [0.15, 0.2) is 18.2 Å². The van der Waals surface area contributed by atoms with E-state index in [1.165, 1.54) is 0 Å². The van der Waals surface area contributed by atoms with Crippen LogP contribution in [0, 0.1) is 0 Å². The van der Waals surface area contributed by atoms with Crippen LogP contribution in [-0.4, -0.2) is 37.9 Å². The molecule has 0 bridgehead atoms. The Labute approximate surface area is 122 Å². The number of sulfonamides is 1. The first-order valence-corrected chi connectivity index (χ1v) is 8.41. The van der Waals surface area contributed by atoms with Crippen molar-refractivity contribution in [1.29, 1.82) is 0 Å². The minimum absolute atomic E-state index is 0.247. The molecule has 0 aliphatic heterocycles. The first-order chi connectivity index (χ1) is 9.46. The topological polar surface area (TPSA) is 73.2 Å². The van der Waals surface area contributed by atoms with Crippen molar-refractivity contribution in [2.24, 2.45) is 0 Å². The Hall–Kier alpha value is -1.31. The van der Waals surface area contributed by atoms with E-state index in [1.54, 1.807) is 7.11 Å². The molecule has 0 radical (unpaired) electrons. The third kappa shape index (κ3) is 3.23. The molecule has 0 saturated carbocycles. The predicted octanol–water partition coefficient (Wildman–Crippen LogP) is 1.33. The van der Waals surface area contributed by atoms with E-state index in [0.717, 1.165) is 17.3 Å². The lowest BCUT2D eigenvalue weighted by molar-refractivity contribution is 0.419. The number of imidazole rings is 1. The average Bonchev–Trinajstić information content (AvgIpc) is 2.75. The molecule has 0 spiro atoms. The minimum Gasteiger partial charge on any atom is -0.494 e. The number of para-hydroxylation sites is 1. The van der Waals surface area contributed by atoms with E-state index in [-0.39, 0.29) is 12.4 Å². The number of ether oxygens (including phenoxy) is 1. The van der Waals surface area contributed by atoms with Gasteiger partial charge in [-0.05, 0) is 12.1 Å². The van der Waals surface area contributed by atoms with E-state index in [4.69, 9.17) is 16.3 Å². The lowest BCUT2D eigenvalue weighted by atomic mass is 10.3. The Morgan fingerprint density at radius 1 is 1.45 bits per heavy atom. The van der Waals surface area contributed by atoms with Crippen LogP contribution in [0.1, 0.15) is 5.82 Å². The van der Waals surface area contributed by atoms with Crippen LogP contribution in [0.5, 0.6) is 5.75 Å². The van der Waals surface area contributed by atoms with Crippen LogP contribution in [0.2, 0.25) is 0 Å². The average molecular weight is 318 g/mol. The Kier molecular flexibility index (Phi) is 4.52. The number of rotatable bonds is 6. The van der Waals surface area contributed by atoms with Gasteiger partial charge in [-0.2, -0.15) is 0 Å². The third-order valence-corrected chi connectivity index (χ3v) is 3.83. The first kappa shape index (κ1) is 15.1. The fraction of sp³-hybridized carbons (Fsp3) is 0.417. The highest BCUT2D eigenvalue weighted by Crippen LogP contribution is 2.26. The lowest BCUT2D eigenvalue weighted by Crippen LogP contribution is -2.26. The molecule has 20 heavy (non-hydrogen) atoms. The highest BCUT2D eigenvalue weighted by Gasteiger charge is 2.13. The predicted molar refractivity (Wildman–Crippen MR) is 78.7 cm³/mol. The SMILES string of the molecule is COc1cccc2c1nc(CCl)n2CCNS(C)(=O)=O. The zero-order valence-corrected chi connectivity index (χ0v) is 12.8. The molecular weight excluding hydrogens is 302 g/mol. The molecular formula is C12H16ClN3O3S. The van der Waals surface area contributed by atoms with Crippen molar-refractivity contribution in [2.45, 2.75) is 12.4 Å². The van der Waals surface area contributed by atoms with E-state index in [1.807, 2.05) is 22.8 Å². The summed E-state index contributed by atoms with van der Waals surface area (Å²) in [4.78, 5) is 4.45. The van der Waals surface area contributed by atoms with Crippen molar-refractivity contribution in [1.82, 2.24) is 14.3 Å². The van der Waals surface area contributed by atoms with E-state index in [2.05, 4.69) is 9.71 Å². The molecule has 6 nitrogen and oxygen atoms in total. The van der Waals surface area contributed by atoms with Gasteiger partial charge in [-0.1, -0.05) is 6.07 Å². The summed E-state index contributed by atoms with van der Waals surface area (Å²) in [5.41, 5.74) is 1.60. The molecule has 0 aliphatic rings. The van der Waals surface area contributed by atoms with Gasteiger partial charge in [-0.3, -0.25) is 0 Å². The van der Waals surface area contributed by atoms with Crippen molar-refractivity contribution in [3.63, 3.8) is 0 Å². The summed E-state index contributed by atoms with van der Waals surface area (Å²) < 4.78 is 31.8. The molecule has 2 rings (SSSR count). The molecule has 0 unspecified atom stereocenters. The molecule has 0 aliphatic carbocycles. The fourth-order valence-corrected chi connectivity index (χ4v) is 2.69. The van der Waals surface area contributed by atoms with Crippen molar-refractivity contribution in [3.8, 4) is 5.75 Å². The third-order valence-electron chi connectivity index (χ3n) is 2.86. The van der Waals surface area contributed by atoms with Gasteiger partial charge >= 0.3 is 0 Å². The van der Waals surface area contributed by atoms with E-state index in [0.29, 0.717) is 18.1 Å². The van der Waals surface area contributed by atoms with Crippen LogP contribution in [0.25, 0.3) is 11.0 Å². The standard InChI is InChI=1S/C12H16ClN3O3S/c1-19-10-5-3-4-9-12(10)15-11(8-13)16(9)7-6-14-20(2,17)18/h3-5,14H,6-8H2,1-2H3. The number of methoxy groups -OCH3 is 1. The second-order valence-corrected chi connectivity index (χ2v) is 6.41. The van der Waals surface area contributed by atoms with E-state index >= 15 is 0 Å².